The molecule has 0 bridgehead atoms. The molecule has 0 aliphatic rings. The normalized spacial score (nSPS) is 12.2. The summed E-state index contributed by atoms with van der Waals surface area (Å²) >= 11 is 1.60. The highest BCUT2D eigenvalue weighted by Crippen LogP contribution is 2.26. The van der Waals surface area contributed by atoms with Gasteiger partial charge in [-0.25, -0.2) is 0 Å². The van der Waals surface area contributed by atoms with Crippen LogP contribution in [0.2, 0.25) is 0 Å². The largest absolute Gasteiger partial charge is 0.409 e. The van der Waals surface area contributed by atoms with E-state index in [1.165, 1.54) is 0 Å². The second kappa shape index (κ2) is 7.33. The van der Waals surface area contributed by atoms with Crippen LogP contribution >= 0.6 is 11.8 Å². The molecule has 0 aromatic carbocycles. The Morgan fingerprint density at radius 2 is 2.00 bits per heavy atom. The summed E-state index contributed by atoms with van der Waals surface area (Å²) in [6.07, 6.45) is 1.58. The maximum atomic E-state index is 8.98. The Morgan fingerprint density at radius 3 is 2.47 bits per heavy atom. The Morgan fingerprint density at radius 1 is 1.32 bits per heavy atom. The quantitative estimate of drug-likeness (QED) is 0.275. The number of aryl methyl sites for hydroxylation is 1. The predicted molar refractivity (Wildman–Crippen MR) is 78.9 cm³/mol. The Labute approximate surface area is 118 Å². The van der Waals surface area contributed by atoms with Gasteiger partial charge in [0.1, 0.15) is 5.03 Å². The average Bonchev–Trinajstić information content (AvgIpc) is 2.42. The predicted octanol–water partition coefficient (Wildman–Crippen LogP) is 2.44. The molecular weight excluding hydrogens is 260 g/mol. The molecular formula is C13H22N4OS. The Kier molecular flexibility index (Phi) is 6.08. The second-order valence-electron chi connectivity index (χ2n) is 4.70. The highest BCUT2D eigenvalue weighted by Gasteiger charge is 2.18. The van der Waals surface area contributed by atoms with Crippen LogP contribution in [0.3, 0.4) is 0 Å². The van der Waals surface area contributed by atoms with E-state index in [0.717, 1.165) is 40.4 Å². The van der Waals surface area contributed by atoms with E-state index in [1.807, 2.05) is 13.8 Å². The van der Waals surface area contributed by atoms with Crippen LogP contribution in [-0.4, -0.2) is 27.0 Å². The van der Waals surface area contributed by atoms with Crippen molar-refractivity contribution in [3.05, 3.63) is 16.8 Å². The lowest BCUT2D eigenvalue weighted by atomic mass is 10.0. The van der Waals surface area contributed by atoms with Gasteiger partial charge in [0.2, 0.25) is 0 Å². The van der Waals surface area contributed by atoms with E-state index in [1.54, 1.807) is 11.8 Å². The Hall–Kier alpha value is -1.30. The molecule has 5 nitrogen and oxygen atoms in total. The third-order valence-corrected chi connectivity index (χ3v) is 4.12. The maximum absolute atomic E-state index is 8.98. The highest BCUT2D eigenvalue weighted by molar-refractivity contribution is 7.99. The number of rotatable bonds is 6. The van der Waals surface area contributed by atoms with Crippen molar-refractivity contribution >= 4 is 17.6 Å². The van der Waals surface area contributed by atoms with Gasteiger partial charge in [0, 0.05) is 5.75 Å². The molecule has 0 atom stereocenters. The molecule has 0 radical (unpaired) electrons. The lowest BCUT2D eigenvalue weighted by Gasteiger charge is -2.14. The van der Waals surface area contributed by atoms with Crippen LogP contribution < -0.4 is 5.73 Å². The molecule has 1 rings (SSSR count). The minimum atomic E-state index is 0.118. The van der Waals surface area contributed by atoms with Gasteiger partial charge in [0.25, 0.3) is 0 Å². The van der Waals surface area contributed by atoms with Gasteiger partial charge in [-0.2, -0.15) is 5.10 Å². The summed E-state index contributed by atoms with van der Waals surface area (Å²) in [5.41, 5.74) is 8.50. The first-order chi connectivity index (χ1) is 9.04. The van der Waals surface area contributed by atoms with E-state index < -0.39 is 0 Å². The van der Waals surface area contributed by atoms with E-state index in [2.05, 4.69) is 29.2 Å². The van der Waals surface area contributed by atoms with Crippen molar-refractivity contribution in [3.8, 4) is 0 Å². The van der Waals surface area contributed by atoms with Crippen molar-refractivity contribution in [1.29, 1.82) is 0 Å². The molecule has 1 heterocycles. The SMILES string of the molecule is CCc1nnc(SCC(C)C)c(C(N)=NO)c1CC. The highest BCUT2D eigenvalue weighted by atomic mass is 32.2. The van der Waals surface area contributed by atoms with Gasteiger partial charge in [0.15, 0.2) is 5.84 Å². The monoisotopic (exact) mass is 282 g/mol. The van der Waals surface area contributed by atoms with Crippen molar-refractivity contribution in [2.75, 3.05) is 5.75 Å². The minimum absolute atomic E-state index is 0.118. The maximum Gasteiger partial charge on any atom is 0.173 e. The lowest BCUT2D eigenvalue weighted by Crippen LogP contribution is -2.20. The van der Waals surface area contributed by atoms with Crippen LogP contribution in [0.4, 0.5) is 0 Å². The molecule has 0 spiro atoms. The zero-order valence-electron chi connectivity index (χ0n) is 12.0. The number of amidine groups is 1. The van der Waals surface area contributed by atoms with Gasteiger partial charge >= 0.3 is 0 Å². The number of hydrogen-bond acceptors (Lipinski definition) is 5. The Bertz CT molecular complexity index is 460. The van der Waals surface area contributed by atoms with Gasteiger partial charge in [0.05, 0.1) is 11.3 Å². The molecule has 0 aliphatic heterocycles. The third kappa shape index (κ3) is 3.83. The smallest absolute Gasteiger partial charge is 0.173 e. The van der Waals surface area contributed by atoms with Gasteiger partial charge in [-0.05, 0) is 24.3 Å². The molecule has 0 saturated heterocycles. The van der Waals surface area contributed by atoms with Gasteiger partial charge in [-0.15, -0.1) is 16.9 Å². The molecule has 0 fully saturated rings. The first-order valence-corrected chi connectivity index (χ1v) is 7.52. The fourth-order valence-electron chi connectivity index (χ4n) is 1.82. The van der Waals surface area contributed by atoms with Gasteiger partial charge in [-0.3, -0.25) is 0 Å². The molecule has 0 amide bonds. The number of nitrogens with two attached hydrogens (primary N) is 1. The summed E-state index contributed by atoms with van der Waals surface area (Å²) in [5, 5.41) is 21.4. The topological polar surface area (TPSA) is 84.4 Å². The fourth-order valence-corrected chi connectivity index (χ4v) is 2.78. The van der Waals surface area contributed by atoms with Crippen LogP contribution in [0.15, 0.2) is 10.2 Å². The van der Waals surface area contributed by atoms with E-state index in [9.17, 15) is 0 Å². The van der Waals surface area contributed by atoms with Crippen molar-refractivity contribution < 1.29 is 5.21 Å². The van der Waals surface area contributed by atoms with Crippen molar-refractivity contribution in [1.82, 2.24) is 10.2 Å². The number of hydrogen-bond donors (Lipinski definition) is 2. The summed E-state index contributed by atoms with van der Waals surface area (Å²) in [7, 11) is 0. The zero-order chi connectivity index (χ0) is 14.4. The van der Waals surface area contributed by atoms with Gasteiger partial charge in [-0.1, -0.05) is 32.9 Å². The first-order valence-electron chi connectivity index (χ1n) is 6.54. The van der Waals surface area contributed by atoms with E-state index >= 15 is 0 Å². The van der Waals surface area contributed by atoms with Crippen LogP contribution in [0, 0.1) is 5.92 Å². The lowest BCUT2D eigenvalue weighted by molar-refractivity contribution is 0.318. The summed E-state index contributed by atoms with van der Waals surface area (Å²) in [5.74, 6) is 1.59. The van der Waals surface area contributed by atoms with Crippen LogP contribution in [0.5, 0.6) is 0 Å². The fraction of sp³-hybridized carbons (Fsp3) is 0.615. The van der Waals surface area contributed by atoms with Crippen LogP contribution in [0.25, 0.3) is 0 Å². The molecule has 106 valence electrons. The van der Waals surface area contributed by atoms with E-state index in [-0.39, 0.29) is 5.84 Å². The molecule has 1 aromatic rings. The molecule has 0 aliphatic carbocycles. The molecule has 19 heavy (non-hydrogen) atoms. The average molecular weight is 282 g/mol. The third-order valence-electron chi connectivity index (χ3n) is 2.73. The number of thioether (sulfide) groups is 1. The second-order valence-corrected chi connectivity index (χ2v) is 5.71. The zero-order valence-corrected chi connectivity index (χ0v) is 12.8. The van der Waals surface area contributed by atoms with Crippen LogP contribution in [-0.2, 0) is 12.8 Å². The summed E-state index contributed by atoms with van der Waals surface area (Å²) in [4.78, 5) is 0. The standard InChI is InChI=1S/C13H22N4OS/c1-5-9-10(6-2)15-16-13(19-7-8(3)4)11(9)12(14)17-18/h8,18H,5-7H2,1-4H3,(H2,14,17). The van der Waals surface area contributed by atoms with Gasteiger partial charge < -0.3 is 10.9 Å². The molecule has 0 saturated carbocycles. The van der Waals surface area contributed by atoms with Crippen molar-refractivity contribution in [2.45, 2.75) is 45.6 Å². The van der Waals surface area contributed by atoms with E-state index in [4.69, 9.17) is 10.9 Å². The summed E-state index contributed by atoms with van der Waals surface area (Å²) in [6, 6.07) is 0. The summed E-state index contributed by atoms with van der Waals surface area (Å²) in [6.45, 7) is 8.36. The number of oxime groups is 1. The molecule has 6 heteroatoms. The van der Waals surface area contributed by atoms with E-state index in [0.29, 0.717) is 5.92 Å². The van der Waals surface area contributed by atoms with Crippen molar-refractivity contribution in [3.63, 3.8) is 0 Å². The number of nitrogens with zero attached hydrogens (tertiary/aromatic N) is 3. The molecule has 0 unspecified atom stereocenters. The van der Waals surface area contributed by atoms with Crippen molar-refractivity contribution in [2.24, 2.45) is 16.8 Å². The minimum Gasteiger partial charge on any atom is -0.409 e. The molecule has 3 N–H and O–H groups in total. The first kappa shape index (κ1) is 15.8. The summed E-state index contributed by atoms with van der Waals surface area (Å²) < 4.78 is 0. The number of aromatic nitrogens is 2. The van der Waals surface area contributed by atoms with Crippen LogP contribution in [0.1, 0.15) is 44.5 Å². The molecule has 1 aromatic heterocycles. The Balaban J connectivity index is 3.30.